The lowest BCUT2D eigenvalue weighted by Crippen LogP contribution is -2.37. The van der Waals surface area contributed by atoms with E-state index in [1.165, 1.54) is 22.9 Å². The highest BCUT2D eigenvalue weighted by atomic mass is 32.2. The van der Waals surface area contributed by atoms with Crippen LogP contribution >= 0.6 is 11.8 Å². The first-order chi connectivity index (χ1) is 14.2. The Kier molecular flexibility index (Phi) is 4.60. The molecule has 7 heteroatoms. The lowest BCUT2D eigenvalue weighted by molar-refractivity contribution is -0.129. The molecular weight excluding hydrogens is 384 g/mol. The fourth-order valence-corrected chi connectivity index (χ4v) is 4.49. The van der Waals surface area contributed by atoms with Gasteiger partial charge in [-0.15, -0.1) is 10.2 Å². The van der Waals surface area contributed by atoms with E-state index in [-0.39, 0.29) is 5.91 Å². The Morgan fingerprint density at radius 2 is 1.90 bits per heavy atom. The highest BCUT2D eigenvalue weighted by Gasteiger charge is 2.22. The van der Waals surface area contributed by atoms with Gasteiger partial charge in [0.15, 0.2) is 16.7 Å². The minimum Gasteiger partial charge on any atom is -0.453 e. The van der Waals surface area contributed by atoms with Crippen molar-refractivity contribution in [3.63, 3.8) is 0 Å². The van der Waals surface area contributed by atoms with E-state index < -0.39 is 0 Å². The molecular formula is C22H20N4O2S. The zero-order valence-corrected chi connectivity index (χ0v) is 16.9. The molecule has 0 saturated heterocycles. The van der Waals surface area contributed by atoms with Crippen molar-refractivity contribution >= 4 is 28.6 Å². The minimum atomic E-state index is 0.123. The van der Waals surface area contributed by atoms with Gasteiger partial charge in [0.25, 0.3) is 0 Å². The summed E-state index contributed by atoms with van der Waals surface area (Å²) in [6.45, 7) is 1.44. The fraction of sp³-hybridized carbons (Fsp3) is 0.227. The lowest BCUT2D eigenvalue weighted by atomic mass is 10.00. The summed E-state index contributed by atoms with van der Waals surface area (Å²) in [4.78, 5) is 14.6. The summed E-state index contributed by atoms with van der Waals surface area (Å²) >= 11 is 1.41. The molecule has 0 aliphatic carbocycles. The second kappa shape index (κ2) is 7.40. The van der Waals surface area contributed by atoms with Crippen LogP contribution in [0.25, 0.3) is 22.6 Å². The van der Waals surface area contributed by atoms with E-state index >= 15 is 0 Å². The number of benzene rings is 2. The first-order valence-electron chi connectivity index (χ1n) is 9.55. The molecule has 0 spiro atoms. The molecule has 1 amide bonds. The Labute approximate surface area is 172 Å². The summed E-state index contributed by atoms with van der Waals surface area (Å²) in [5.74, 6) is 1.79. The summed E-state index contributed by atoms with van der Waals surface area (Å²) < 4.78 is 7.77. The number of hydrogen-bond acceptors (Lipinski definition) is 5. The predicted octanol–water partition coefficient (Wildman–Crippen LogP) is 3.91. The molecule has 5 rings (SSSR count). The molecule has 2 aromatic heterocycles. The van der Waals surface area contributed by atoms with Gasteiger partial charge in [0.1, 0.15) is 5.58 Å². The largest absolute Gasteiger partial charge is 0.453 e. The lowest BCUT2D eigenvalue weighted by Gasteiger charge is -2.28. The smallest absolute Gasteiger partial charge is 0.233 e. The van der Waals surface area contributed by atoms with Crippen molar-refractivity contribution < 1.29 is 9.21 Å². The van der Waals surface area contributed by atoms with Gasteiger partial charge in [0, 0.05) is 25.5 Å². The number of fused-ring (bicyclic) bond motifs is 2. The van der Waals surface area contributed by atoms with Gasteiger partial charge in [0.05, 0.1) is 5.75 Å². The van der Waals surface area contributed by atoms with E-state index in [0.717, 1.165) is 23.9 Å². The number of carbonyl (C=O) groups excluding carboxylic acids is 1. The Balaban J connectivity index is 1.28. The molecule has 6 nitrogen and oxygen atoms in total. The maximum atomic E-state index is 12.7. The van der Waals surface area contributed by atoms with Crippen molar-refractivity contribution in [2.45, 2.75) is 18.1 Å². The minimum absolute atomic E-state index is 0.123. The van der Waals surface area contributed by atoms with E-state index in [9.17, 15) is 4.79 Å². The third kappa shape index (κ3) is 3.42. The topological polar surface area (TPSA) is 64.2 Å². The number of carbonyl (C=O) groups is 1. The van der Waals surface area contributed by atoms with Gasteiger partial charge < -0.3 is 13.9 Å². The van der Waals surface area contributed by atoms with Crippen molar-refractivity contribution in [1.29, 1.82) is 0 Å². The SMILES string of the molecule is Cn1c(SCC(=O)N2CCc3ccccc3C2)nnc1-c1cc2ccccc2o1. The van der Waals surface area contributed by atoms with Gasteiger partial charge >= 0.3 is 0 Å². The second-order valence-electron chi connectivity index (χ2n) is 7.14. The van der Waals surface area contributed by atoms with Crippen LogP contribution in [0.5, 0.6) is 0 Å². The number of aromatic nitrogens is 3. The summed E-state index contributed by atoms with van der Waals surface area (Å²) in [5.41, 5.74) is 3.40. The fourth-order valence-electron chi connectivity index (χ4n) is 3.67. The van der Waals surface area contributed by atoms with E-state index in [4.69, 9.17) is 4.42 Å². The zero-order chi connectivity index (χ0) is 19.8. The molecule has 0 saturated carbocycles. The Hall–Kier alpha value is -3.06. The van der Waals surface area contributed by atoms with Crippen LogP contribution < -0.4 is 0 Å². The van der Waals surface area contributed by atoms with E-state index in [2.05, 4.69) is 28.4 Å². The number of hydrogen-bond donors (Lipinski definition) is 0. The van der Waals surface area contributed by atoms with Crippen molar-refractivity contribution in [3.8, 4) is 11.6 Å². The van der Waals surface area contributed by atoms with Gasteiger partial charge in [0.2, 0.25) is 5.91 Å². The van der Waals surface area contributed by atoms with Crippen LogP contribution in [-0.2, 0) is 24.8 Å². The number of nitrogens with zero attached hydrogens (tertiary/aromatic N) is 4. The predicted molar refractivity (Wildman–Crippen MR) is 112 cm³/mol. The molecule has 29 heavy (non-hydrogen) atoms. The van der Waals surface area contributed by atoms with Gasteiger partial charge in [-0.05, 0) is 29.7 Å². The normalized spacial score (nSPS) is 13.6. The average Bonchev–Trinajstić information content (AvgIpc) is 3.34. The quantitative estimate of drug-likeness (QED) is 0.483. The van der Waals surface area contributed by atoms with E-state index in [1.807, 2.05) is 52.9 Å². The molecule has 4 aromatic rings. The first kappa shape index (κ1) is 18.0. The molecule has 1 aliphatic rings. The molecule has 0 atom stereocenters. The average molecular weight is 404 g/mol. The molecule has 0 unspecified atom stereocenters. The van der Waals surface area contributed by atoms with Crippen molar-refractivity contribution in [2.75, 3.05) is 12.3 Å². The molecule has 0 bridgehead atoms. The summed E-state index contributed by atoms with van der Waals surface area (Å²) in [5, 5.41) is 10.3. The molecule has 0 fully saturated rings. The molecule has 1 aliphatic heterocycles. The Bertz CT molecular complexity index is 1160. The molecule has 0 radical (unpaired) electrons. The van der Waals surface area contributed by atoms with Crippen LogP contribution in [0.4, 0.5) is 0 Å². The molecule has 146 valence electrons. The highest BCUT2D eigenvalue weighted by Crippen LogP contribution is 2.28. The summed E-state index contributed by atoms with van der Waals surface area (Å²) in [6.07, 6.45) is 0.909. The third-order valence-electron chi connectivity index (χ3n) is 5.29. The standard InChI is InChI=1S/C22H20N4O2S/c1-25-21(19-12-16-7-4-5-9-18(16)28-19)23-24-22(25)29-14-20(27)26-11-10-15-6-2-3-8-17(15)13-26/h2-9,12H,10-11,13-14H2,1H3. The number of thioether (sulfide) groups is 1. The number of amides is 1. The van der Waals surface area contributed by atoms with Gasteiger partial charge in [-0.3, -0.25) is 4.79 Å². The van der Waals surface area contributed by atoms with Crippen molar-refractivity contribution in [1.82, 2.24) is 19.7 Å². The van der Waals surface area contributed by atoms with Crippen molar-refractivity contribution in [3.05, 3.63) is 65.7 Å². The van der Waals surface area contributed by atoms with Gasteiger partial charge in [-0.25, -0.2) is 0 Å². The van der Waals surface area contributed by atoms with Crippen LogP contribution in [0, 0.1) is 0 Å². The zero-order valence-electron chi connectivity index (χ0n) is 16.0. The second-order valence-corrected chi connectivity index (χ2v) is 8.08. The van der Waals surface area contributed by atoms with Gasteiger partial charge in [-0.2, -0.15) is 0 Å². The Morgan fingerprint density at radius 3 is 2.76 bits per heavy atom. The maximum Gasteiger partial charge on any atom is 0.233 e. The summed E-state index contributed by atoms with van der Waals surface area (Å²) in [6, 6.07) is 18.1. The van der Waals surface area contributed by atoms with Crippen LogP contribution in [0.15, 0.2) is 64.2 Å². The summed E-state index contributed by atoms with van der Waals surface area (Å²) in [7, 11) is 1.90. The third-order valence-corrected chi connectivity index (χ3v) is 6.29. The van der Waals surface area contributed by atoms with Crippen molar-refractivity contribution in [2.24, 2.45) is 7.05 Å². The molecule has 2 aromatic carbocycles. The van der Waals surface area contributed by atoms with Crippen LogP contribution in [0.1, 0.15) is 11.1 Å². The van der Waals surface area contributed by atoms with Gasteiger partial charge in [-0.1, -0.05) is 54.2 Å². The van der Waals surface area contributed by atoms with Crippen LogP contribution in [0.2, 0.25) is 0 Å². The van der Waals surface area contributed by atoms with E-state index in [1.54, 1.807) is 0 Å². The monoisotopic (exact) mass is 404 g/mol. The molecule has 0 N–H and O–H groups in total. The number of para-hydroxylation sites is 1. The van der Waals surface area contributed by atoms with Crippen LogP contribution in [0.3, 0.4) is 0 Å². The Morgan fingerprint density at radius 1 is 1.10 bits per heavy atom. The van der Waals surface area contributed by atoms with Crippen LogP contribution in [-0.4, -0.2) is 37.9 Å². The number of furan rings is 1. The maximum absolute atomic E-state index is 12.7. The van der Waals surface area contributed by atoms with E-state index in [0.29, 0.717) is 29.0 Å². The highest BCUT2D eigenvalue weighted by molar-refractivity contribution is 7.99. The number of rotatable bonds is 4. The first-order valence-corrected chi connectivity index (χ1v) is 10.5. The molecule has 3 heterocycles.